The van der Waals surface area contributed by atoms with E-state index in [0.717, 1.165) is 12.8 Å². The summed E-state index contributed by atoms with van der Waals surface area (Å²) < 4.78 is 8.90. The molecule has 0 saturated carbocycles. The van der Waals surface area contributed by atoms with Crippen LogP contribution in [0.4, 0.5) is 0 Å². The van der Waals surface area contributed by atoms with Crippen molar-refractivity contribution in [2.45, 2.75) is 40.5 Å². The number of esters is 1. The van der Waals surface area contributed by atoms with Gasteiger partial charge in [0.05, 0.1) is 6.61 Å². The molecule has 29 heavy (non-hydrogen) atoms. The van der Waals surface area contributed by atoms with Crippen molar-refractivity contribution in [3.05, 3.63) is 81.0 Å². The second-order valence-electron chi connectivity index (χ2n) is 6.52. The van der Waals surface area contributed by atoms with Gasteiger partial charge in [-0.05, 0) is 6.92 Å². The zero-order valence-corrected chi connectivity index (χ0v) is 25.7. The summed E-state index contributed by atoms with van der Waals surface area (Å²) in [5.74, 6) is -0.461. The van der Waals surface area contributed by atoms with Gasteiger partial charge in [0.1, 0.15) is 0 Å². The Hall–Kier alpha value is 1.27. The summed E-state index contributed by atoms with van der Waals surface area (Å²) in [5, 5.41) is 0. The molecule has 0 heterocycles. The molecule has 0 radical (unpaired) electrons. The smallest absolute Gasteiger partial charge is 0.489 e. The number of ether oxygens (including phenoxy) is 2. The predicted molar refractivity (Wildman–Crippen MR) is 114 cm³/mol. The van der Waals surface area contributed by atoms with E-state index < -0.39 is 5.97 Å². The summed E-state index contributed by atoms with van der Waals surface area (Å²) in [4.78, 5) is 9.71. The van der Waals surface area contributed by atoms with E-state index in [4.69, 9.17) is 0 Å². The molecule has 0 unspecified atom stereocenters. The molecule has 0 bridgehead atoms. The first-order chi connectivity index (χ1) is 12.7. The summed E-state index contributed by atoms with van der Waals surface area (Å²) in [6.07, 6.45) is 7.41. The van der Waals surface area contributed by atoms with Crippen LogP contribution in [0.25, 0.3) is 0 Å². The molecule has 1 aliphatic carbocycles. The number of hydrogen-bond donors (Lipinski definition) is 0. The molecule has 5 heteroatoms. The molecule has 2 rings (SSSR count). The average molecular weight is 450 g/mol. The minimum atomic E-state index is -0.461. The molecule has 0 atom stereocenters. The van der Waals surface area contributed by atoms with Gasteiger partial charge in [0, 0.05) is 0 Å². The van der Waals surface area contributed by atoms with Crippen molar-refractivity contribution in [1.29, 1.82) is 0 Å². The molecule has 1 aliphatic rings. The first-order valence-corrected chi connectivity index (χ1v) is 9.00. The summed E-state index contributed by atoms with van der Waals surface area (Å²) in [5.41, 5.74) is 2.91. The van der Waals surface area contributed by atoms with Crippen LogP contribution in [0.15, 0.2) is 42.5 Å². The normalized spacial score (nSPS) is 12.7. The van der Waals surface area contributed by atoms with Crippen LogP contribution in [0.3, 0.4) is 0 Å². The Labute approximate surface area is 265 Å². The van der Waals surface area contributed by atoms with Gasteiger partial charge in [-0.1, -0.05) is 45.8 Å². The van der Waals surface area contributed by atoms with Gasteiger partial charge in [0.2, 0.25) is 0 Å². The van der Waals surface area contributed by atoms with Gasteiger partial charge in [-0.3, -0.25) is 17.8 Å². The number of hydrogen-bond acceptors (Lipinski definition) is 3. The number of benzene rings is 1. The van der Waals surface area contributed by atoms with Crippen molar-refractivity contribution >= 4 is 5.97 Å². The fourth-order valence-electron chi connectivity index (χ4n) is 1.93. The van der Waals surface area contributed by atoms with Gasteiger partial charge in [-0.25, -0.2) is 11.6 Å². The molecule has 1 aromatic carbocycles. The number of rotatable bonds is 3. The predicted octanol–water partition coefficient (Wildman–Crippen LogP) is -0.420. The molecule has 1 aromatic rings. The molecule has 0 aliphatic heterocycles. The molecule has 0 spiro atoms. The van der Waals surface area contributed by atoms with Crippen LogP contribution >= 0.6 is 0 Å². The molecule has 0 aromatic heterocycles. The van der Waals surface area contributed by atoms with E-state index in [9.17, 15) is 4.79 Å². The van der Waals surface area contributed by atoms with Crippen molar-refractivity contribution in [2.75, 3.05) is 19.8 Å². The number of carbonyl (C=O) groups excluding carboxylic acids is 1. The van der Waals surface area contributed by atoms with E-state index in [1.807, 2.05) is 30.3 Å². The van der Waals surface area contributed by atoms with Gasteiger partial charge in [-0.2, -0.15) is 42.5 Å². The van der Waals surface area contributed by atoms with Gasteiger partial charge in [0.25, 0.3) is 0 Å². The third-order valence-corrected chi connectivity index (χ3v) is 3.07. The molecule has 0 saturated heterocycles. The van der Waals surface area contributed by atoms with Crippen LogP contribution in [0.1, 0.15) is 39.2 Å². The summed E-state index contributed by atoms with van der Waals surface area (Å²) in [6, 6.07) is 10.8. The van der Waals surface area contributed by atoms with Crippen LogP contribution in [0.5, 0.6) is 0 Å². The van der Waals surface area contributed by atoms with Crippen LogP contribution in [-0.2, 0) is 14.3 Å². The maximum absolute atomic E-state index is 9.71. The first-order valence-electron chi connectivity index (χ1n) is 9.00. The maximum Gasteiger partial charge on any atom is 1.00 e. The Balaban J connectivity index is -0.000000144. The molecule has 154 valence electrons. The Morgan fingerprint density at radius 1 is 1.21 bits per heavy atom. The number of carbonyl (C=O) groups is 1. The molecule has 0 N–H and O–H groups in total. The van der Waals surface area contributed by atoms with E-state index >= 15 is 0 Å². The molecule has 3 nitrogen and oxygen atoms in total. The van der Waals surface area contributed by atoms with E-state index in [1.54, 1.807) is 6.92 Å². The van der Waals surface area contributed by atoms with Gasteiger partial charge < -0.3 is 23.3 Å². The van der Waals surface area contributed by atoms with Gasteiger partial charge in [0.15, 0.2) is 5.97 Å². The average Bonchev–Trinajstić information content (AvgIpc) is 2.57. The fourth-order valence-corrected chi connectivity index (χ4v) is 1.93. The molecular formula is C24H35K2O3-3. The SMILES string of the molecule is C=C1C=[C-]CC(C)(C)C1.Cc1cc[c-]cc1.[CH2-]C(=O)OCC.[CH2-]COC[CH2-].[K+].[K+]. The monoisotopic (exact) mass is 449 g/mol. The molecule has 0 amide bonds. The van der Waals surface area contributed by atoms with Crippen LogP contribution in [0.2, 0.25) is 0 Å². The molecular weight excluding hydrogens is 414 g/mol. The number of aryl methyl sites for hydroxylation is 1. The fraction of sp³-hybridized carbons (Fsp3) is 0.417. The van der Waals surface area contributed by atoms with Crippen molar-refractivity contribution in [1.82, 2.24) is 0 Å². The second kappa shape index (κ2) is 25.5. The first kappa shape index (κ1) is 37.6. The van der Waals surface area contributed by atoms with Gasteiger partial charge in [-0.15, -0.1) is 6.42 Å². The van der Waals surface area contributed by atoms with E-state index in [-0.39, 0.29) is 103 Å². The Kier molecular flexibility index (Phi) is 33.1. The zero-order valence-electron chi connectivity index (χ0n) is 19.5. The van der Waals surface area contributed by atoms with Crippen molar-refractivity contribution in [2.24, 2.45) is 5.41 Å². The van der Waals surface area contributed by atoms with E-state index in [2.05, 4.69) is 69.7 Å². The van der Waals surface area contributed by atoms with Crippen LogP contribution in [-0.4, -0.2) is 25.8 Å². The maximum atomic E-state index is 9.71. The van der Waals surface area contributed by atoms with Gasteiger partial charge >= 0.3 is 103 Å². The summed E-state index contributed by atoms with van der Waals surface area (Å²) >= 11 is 0. The third-order valence-electron chi connectivity index (χ3n) is 3.07. The Morgan fingerprint density at radius 2 is 1.72 bits per heavy atom. The topological polar surface area (TPSA) is 35.5 Å². The summed E-state index contributed by atoms with van der Waals surface area (Å²) in [7, 11) is 0. The van der Waals surface area contributed by atoms with Crippen molar-refractivity contribution < 1.29 is 117 Å². The second-order valence-corrected chi connectivity index (χ2v) is 6.52. The third kappa shape index (κ3) is 31.5. The standard InChI is InChI=1S/C9H13.C7H7.C4H7O2.C4H8O.2K/c1-8-5-4-6-9(2,3)7-8;1-7-5-3-2-4-6-7;1-3-6-4(2)5;1-3-5-4-2;;/h5H,1,6-7H2,2-3H3;3-6H,1H3;2-3H2,1H3;1-4H2;;/q3*-1;-2;2*+1. The van der Waals surface area contributed by atoms with Crippen molar-refractivity contribution in [3.63, 3.8) is 0 Å². The van der Waals surface area contributed by atoms with Crippen LogP contribution in [0, 0.1) is 45.3 Å². The minimum absolute atomic E-state index is 0. The Bertz CT molecular complexity index is 524. The number of allylic oxidation sites excluding steroid dienone is 3. The summed E-state index contributed by atoms with van der Waals surface area (Å²) in [6.45, 7) is 23.5. The van der Waals surface area contributed by atoms with Crippen LogP contribution < -0.4 is 103 Å². The minimum Gasteiger partial charge on any atom is -0.489 e. The van der Waals surface area contributed by atoms with Crippen molar-refractivity contribution in [3.8, 4) is 0 Å². The zero-order chi connectivity index (χ0) is 21.1. The van der Waals surface area contributed by atoms with E-state index in [0.29, 0.717) is 25.2 Å². The van der Waals surface area contributed by atoms with E-state index in [1.165, 1.54) is 11.1 Å². The molecule has 0 fully saturated rings. The largest absolute Gasteiger partial charge is 1.00 e. The Morgan fingerprint density at radius 3 is 1.90 bits per heavy atom. The quantitative estimate of drug-likeness (QED) is 0.357.